The number of fused-ring (bicyclic) bond motifs is 2. The lowest BCUT2D eigenvalue weighted by Crippen LogP contribution is -2.36. The highest BCUT2D eigenvalue weighted by molar-refractivity contribution is 5.91. The van der Waals surface area contributed by atoms with Gasteiger partial charge in [-0.2, -0.15) is 0 Å². The molecule has 0 radical (unpaired) electrons. The number of carbonyl (C=O) groups is 1. The molecule has 1 aliphatic rings. The van der Waals surface area contributed by atoms with Crippen LogP contribution in [0.25, 0.3) is 10.9 Å². The molecule has 0 saturated carbocycles. The van der Waals surface area contributed by atoms with Gasteiger partial charge >= 0.3 is 0 Å². The highest BCUT2D eigenvalue weighted by Crippen LogP contribution is 2.26. The molecule has 1 aliphatic heterocycles. The zero-order valence-electron chi connectivity index (χ0n) is 15.4. The molecule has 0 N–H and O–H groups in total. The molecule has 0 spiro atoms. The Balaban J connectivity index is 1.56. The van der Waals surface area contributed by atoms with E-state index in [0.717, 1.165) is 42.1 Å². The lowest BCUT2D eigenvalue weighted by molar-refractivity contribution is 0.0822. The largest absolute Gasteiger partial charge is 0.343 e. The molecule has 4 rings (SSSR count). The maximum atomic E-state index is 12.2. The quantitative estimate of drug-likeness (QED) is 0.730. The highest BCUT2D eigenvalue weighted by atomic mass is 16.2. The van der Waals surface area contributed by atoms with Crippen LogP contribution in [0.15, 0.2) is 42.6 Å². The number of hydrogen-bond donors (Lipinski definition) is 0. The molecule has 0 unspecified atom stereocenters. The van der Waals surface area contributed by atoms with Crippen molar-refractivity contribution in [1.29, 1.82) is 0 Å². The summed E-state index contributed by atoms with van der Waals surface area (Å²) in [6.07, 6.45) is 1.87. The van der Waals surface area contributed by atoms with E-state index in [1.54, 1.807) is 19.0 Å². The van der Waals surface area contributed by atoms with E-state index in [1.165, 1.54) is 0 Å². The molecule has 6 nitrogen and oxygen atoms in total. The van der Waals surface area contributed by atoms with E-state index in [9.17, 15) is 4.79 Å². The molecule has 0 fully saturated rings. The smallest absolute Gasteiger partial charge is 0.273 e. The number of imidazole rings is 1. The fourth-order valence-electron chi connectivity index (χ4n) is 3.49. The number of nitrogens with zero attached hydrogens (tertiary/aromatic N) is 5. The van der Waals surface area contributed by atoms with Gasteiger partial charge in [0.1, 0.15) is 11.5 Å². The second-order valence-corrected chi connectivity index (χ2v) is 7.02. The highest BCUT2D eigenvalue weighted by Gasteiger charge is 2.28. The lowest BCUT2D eigenvalue weighted by atomic mass is 10.1. The molecule has 26 heavy (non-hydrogen) atoms. The summed E-state index contributed by atoms with van der Waals surface area (Å²) < 4.78 is 2.10. The number of para-hydroxylation sites is 1. The first-order valence-electron chi connectivity index (χ1n) is 8.90. The van der Waals surface area contributed by atoms with Gasteiger partial charge in [-0.3, -0.25) is 14.7 Å². The fraction of sp³-hybridized carbons (Fsp3) is 0.350. The van der Waals surface area contributed by atoms with Crippen LogP contribution in [-0.4, -0.2) is 50.9 Å². The van der Waals surface area contributed by atoms with Gasteiger partial charge in [-0.15, -0.1) is 0 Å². The van der Waals surface area contributed by atoms with E-state index in [1.807, 2.05) is 24.4 Å². The van der Waals surface area contributed by atoms with Crippen LogP contribution < -0.4 is 0 Å². The van der Waals surface area contributed by atoms with Crippen molar-refractivity contribution in [3.05, 3.63) is 59.8 Å². The molecular formula is C20H23N5O. The van der Waals surface area contributed by atoms with E-state index in [2.05, 4.69) is 39.6 Å². The van der Waals surface area contributed by atoms with Crippen LogP contribution in [-0.2, 0) is 13.1 Å². The molecule has 3 aromatic rings. The predicted octanol–water partition coefficient (Wildman–Crippen LogP) is 2.71. The van der Waals surface area contributed by atoms with Gasteiger partial charge in [-0.05, 0) is 19.1 Å². The average Bonchev–Trinajstić information content (AvgIpc) is 3.08. The van der Waals surface area contributed by atoms with E-state index in [0.29, 0.717) is 5.69 Å². The number of benzene rings is 1. The minimum atomic E-state index is -0.0538. The minimum absolute atomic E-state index is 0.0538. The summed E-state index contributed by atoms with van der Waals surface area (Å²) in [4.78, 5) is 25.5. The second-order valence-electron chi connectivity index (χ2n) is 7.02. The van der Waals surface area contributed by atoms with Crippen molar-refractivity contribution >= 4 is 16.8 Å². The van der Waals surface area contributed by atoms with Crippen molar-refractivity contribution in [3.63, 3.8) is 0 Å². The van der Waals surface area contributed by atoms with E-state index in [-0.39, 0.29) is 11.9 Å². The number of rotatable bonds is 3. The third-order valence-corrected chi connectivity index (χ3v) is 5.00. The first-order valence-corrected chi connectivity index (χ1v) is 8.90. The van der Waals surface area contributed by atoms with Crippen LogP contribution in [0.2, 0.25) is 0 Å². The maximum absolute atomic E-state index is 12.2. The molecule has 0 aliphatic carbocycles. The van der Waals surface area contributed by atoms with Crippen molar-refractivity contribution in [2.45, 2.75) is 26.1 Å². The Kier molecular flexibility index (Phi) is 4.20. The average molecular weight is 349 g/mol. The first-order chi connectivity index (χ1) is 12.5. The molecule has 1 amide bonds. The van der Waals surface area contributed by atoms with Gasteiger partial charge in [0.25, 0.3) is 5.91 Å². The maximum Gasteiger partial charge on any atom is 0.273 e. The number of pyridine rings is 1. The van der Waals surface area contributed by atoms with Crippen molar-refractivity contribution < 1.29 is 4.79 Å². The molecule has 6 heteroatoms. The van der Waals surface area contributed by atoms with Gasteiger partial charge in [0, 0.05) is 45.3 Å². The lowest BCUT2D eigenvalue weighted by Gasteiger charge is -2.33. The Bertz CT molecular complexity index is 962. The standard InChI is InChI=1S/C20H23N5O/c1-14-19-22-18(20(26)23(2)3)13-25(19)11-10-24(14)12-16-9-8-15-6-4-5-7-17(15)21-16/h4-9,13-14H,10-12H2,1-3H3/t14-/m0/s1. The van der Waals surface area contributed by atoms with Crippen LogP contribution in [0, 0.1) is 0 Å². The van der Waals surface area contributed by atoms with E-state index in [4.69, 9.17) is 4.98 Å². The summed E-state index contributed by atoms with van der Waals surface area (Å²) in [5, 5.41) is 1.16. The molecule has 0 bridgehead atoms. The van der Waals surface area contributed by atoms with Crippen molar-refractivity contribution in [2.75, 3.05) is 20.6 Å². The second kappa shape index (κ2) is 6.53. The van der Waals surface area contributed by atoms with Crippen molar-refractivity contribution in [3.8, 4) is 0 Å². The normalized spacial score (nSPS) is 17.3. The SMILES string of the molecule is C[C@H]1c2nc(C(=O)N(C)C)cn2CCN1Cc1ccc2ccccc2n1. The van der Waals surface area contributed by atoms with E-state index < -0.39 is 0 Å². The van der Waals surface area contributed by atoms with Crippen molar-refractivity contribution in [1.82, 2.24) is 24.3 Å². The molecular weight excluding hydrogens is 326 g/mol. The topological polar surface area (TPSA) is 54.3 Å². The summed E-state index contributed by atoms with van der Waals surface area (Å²) in [5.74, 6) is 0.893. The van der Waals surface area contributed by atoms with Crippen LogP contribution in [0.4, 0.5) is 0 Å². The van der Waals surface area contributed by atoms with Gasteiger partial charge < -0.3 is 9.47 Å². The molecule has 3 heterocycles. The summed E-state index contributed by atoms with van der Waals surface area (Å²) >= 11 is 0. The fourth-order valence-corrected chi connectivity index (χ4v) is 3.49. The third kappa shape index (κ3) is 2.97. The van der Waals surface area contributed by atoms with Gasteiger partial charge in [0.15, 0.2) is 0 Å². The number of aromatic nitrogens is 3. The summed E-state index contributed by atoms with van der Waals surface area (Å²) in [5.41, 5.74) is 2.60. The number of hydrogen-bond acceptors (Lipinski definition) is 4. The number of carbonyl (C=O) groups excluding carboxylic acids is 1. The Labute approximate surface area is 153 Å². The van der Waals surface area contributed by atoms with Crippen LogP contribution in [0.3, 0.4) is 0 Å². The Morgan fingerprint density at radius 1 is 1.15 bits per heavy atom. The van der Waals surface area contributed by atoms with E-state index >= 15 is 0 Å². The zero-order valence-corrected chi connectivity index (χ0v) is 15.4. The van der Waals surface area contributed by atoms with Gasteiger partial charge in [-0.1, -0.05) is 24.3 Å². The molecule has 1 aromatic carbocycles. The summed E-state index contributed by atoms with van der Waals surface area (Å²) in [7, 11) is 3.50. The Morgan fingerprint density at radius 2 is 1.96 bits per heavy atom. The first kappa shape index (κ1) is 16.7. The summed E-state index contributed by atoms with van der Waals surface area (Å²) in [6.45, 7) is 4.66. The minimum Gasteiger partial charge on any atom is -0.343 e. The predicted molar refractivity (Wildman–Crippen MR) is 101 cm³/mol. The van der Waals surface area contributed by atoms with Gasteiger partial charge in [0.05, 0.1) is 17.3 Å². The molecule has 0 saturated heterocycles. The monoisotopic (exact) mass is 349 g/mol. The van der Waals surface area contributed by atoms with Crippen LogP contribution in [0.1, 0.15) is 35.0 Å². The Hall–Kier alpha value is -2.73. The van der Waals surface area contributed by atoms with Crippen LogP contribution >= 0.6 is 0 Å². The molecule has 134 valence electrons. The summed E-state index contributed by atoms with van der Waals surface area (Å²) in [6, 6.07) is 12.5. The van der Waals surface area contributed by atoms with Crippen LogP contribution in [0.5, 0.6) is 0 Å². The molecule has 2 aromatic heterocycles. The Morgan fingerprint density at radius 3 is 2.77 bits per heavy atom. The molecule has 1 atom stereocenters. The van der Waals surface area contributed by atoms with Gasteiger partial charge in [0.2, 0.25) is 0 Å². The van der Waals surface area contributed by atoms with Gasteiger partial charge in [-0.25, -0.2) is 4.98 Å². The number of amides is 1. The third-order valence-electron chi connectivity index (χ3n) is 5.00. The van der Waals surface area contributed by atoms with Crippen molar-refractivity contribution in [2.24, 2.45) is 0 Å². The zero-order chi connectivity index (χ0) is 18.3.